The standard InChI is InChI=1S/C18H16ClF2NO4/c19-14-5-3-13(4-6-14)17(24)22-10-9-16(23)25-11-12-1-7-15(8-2-12)26-18(20)21/h1-8,18H,9-11H2,(H,22,24). The number of nitrogens with one attached hydrogen (secondary N) is 1. The highest BCUT2D eigenvalue weighted by atomic mass is 35.5. The topological polar surface area (TPSA) is 64.6 Å². The van der Waals surface area contributed by atoms with Crippen LogP contribution in [-0.2, 0) is 16.1 Å². The van der Waals surface area contributed by atoms with E-state index in [1.165, 1.54) is 24.3 Å². The van der Waals surface area contributed by atoms with Crippen LogP contribution in [0.25, 0.3) is 0 Å². The van der Waals surface area contributed by atoms with Gasteiger partial charge in [0.15, 0.2) is 0 Å². The molecule has 0 spiro atoms. The Morgan fingerprint density at radius 1 is 1.04 bits per heavy atom. The lowest BCUT2D eigenvalue weighted by Crippen LogP contribution is -2.26. The Kier molecular flexibility index (Phi) is 7.35. The number of hydrogen-bond acceptors (Lipinski definition) is 4. The van der Waals surface area contributed by atoms with Gasteiger partial charge < -0.3 is 14.8 Å². The van der Waals surface area contributed by atoms with Crippen molar-refractivity contribution in [1.29, 1.82) is 0 Å². The summed E-state index contributed by atoms with van der Waals surface area (Å²) in [5.74, 6) is -0.779. The number of rotatable bonds is 8. The van der Waals surface area contributed by atoms with Gasteiger partial charge >= 0.3 is 12.6 Å². The van der Waals surface area contributed by atoms with Crippen molar-refractivity contribution >= 4 is 23.5 Å². The highest BCUT2D eigenvalue weighted by molar-refractivity contribution is 6.30. The Morgan fingerprint density at radius 2 is 1.69 bits per heavy atom. The summed E-state index contributed by atoms with van der Waals surface area (Å²) < 4.78 is 33.4. The molecule has 0 saturated heterocycles. The summed E-state index contributed by atoms with van der Waals surface area (Å²) >= 11 is 5.75. The molecule has 26 heavy (non-hydrogen) atoms. The minimum atomic E-state index is -2.89. The lowest BCUT2D eigenvalue weighted by molar-refractivity contribution is -0.144. The molecule has 0 atom stereocenters. The van der Waals surface area contributed by atoms with Gasteiger partial charge in [-0.3, -0.25) is 9.59 Å². The van der Waals surface area contributed by atoms with E-state index < -0.39 is 12.6 Å². The second-order valence-corrected chi connectivity index (χ2v) is 5.63. The first kappa shape index (κ1) is 19.7. The summed E-state index contributed by atoms with van der Waals surface area (Å²) in [6, 6.07) is 12.1. The summed E-state index contributed by atoms with van der Waals surface area (Å²) in [5.41, 5.74) is 1.07. The van der Waals surface area contributed by atoms with E-state index in [0.29, 0.717) is 16.1 Å². The van der Waals surface area contributed by atoms with E-state index in [9.17, 15) is 18.4 Å². The van der Waals surface area contributed by atoms with Gasteiger partial charge in [-0.2, -0.15) is 8.78 Å². The van der Waals surface area contributed by atoms with Crippen LogP contribution in [0.4, 0.5) is 8.78 Å². The molecule has 0 saturated carbocycles. The lowest BCUT2D eigenvalue weighted by atomic mass is 10.2. The second kappa shape index (κ2) is 9.72. The van der Waals surface area contributed by atoms with Crippen molar-refractivity contribution in [1.82, 2.24) is 5.32 Å². The molecule has 8 heteroatoms. The first-order chi connectivity index (χ1) is 12.4. The van der Waals surface area contributed by atoms with Crippen LogP contribution in [0.1, 0.15) is 22.3 Å². The number of carbonyl (C=O) groups excluding carboxylic acids is 2. The molecule has 0 unspecified atom stereocenters. The maximum atomic E-state index is 12.0. The second-order valence-electron chi connectivity index (χ2n) is 5.20. The molecule has 0 heterocycles. The van der Waals surface area contributed by atoms with E-state index >= 15 is 0 Å². The van der Waals surface area contributed by atoms with Crippen LogP contribution in [0.3, 0.4) is 0 Å². The number of alkyl halides is 2. The quantitative estimate of drug-likeness (QED) is 0.704. The molecule has 0 aliphatic carbocycles. The molecule has 2 aromatic carbocycles. The van der Waals surface area contributed by atoms with Crippen LogP contribution in [0.2, 0.25) is 5.02 Å². The van der Waals surface area contributed by atoms with Crippen LogP contribution >= 0.6 is 11.6 Å². The number of halogens is 3. The average molecular weight is 384 g/mol. The number of ether oxygens (including phenoxy) is 2. The molecule has 0 bridgehead atoms. The number of carbonyl (C=O) groups is 2. The predicted octanol–water partition coefficient (Wildman–Crippen LogP) is 3.80. The molecule has 5 nitrogen and oxygen atoms in total. The van der Waals surface area contributed by atoms with Crippen molar-refractivity contribution in [2.75, 3.05) is 6.54 Å². The fourth-order valence-corrected chi connectivity index (χ4v) is 2.11. The molecular formula is C18H16ClF2NO4. The molecular weight excluding hydrogens is 368 g/mol. The molecule has 0 aliphatic heterocycles. The van der Waals surface area contributed by atoms with Gasteiger partial charge in [-0.1, -0.05) is 23.7 Å². The van der Waals surface area contributed by atoms with Crippen molar-refractivity contribution in [3.05, 3.63) is 64.7 Å². The van der Waals surface area contributed by atoms with Gasteiger partial charge in [-0.25, -0.2) is 0 Å². The summed E-state index contributed by atoms with van der Waals surface area (Å²) in [7, 11) is 0. The summed E-state index contributed by atoms with van der Waals surface area (Å²) in [6.45, 7) is -2.76. The molecule has 0 radical (unpaired) electrons. The molecule has 0 fully saturated rings. The van der Waals surface area contributed by atoms with Crippen molar-refractivity contribution in [3.63, 3.8) is 0 Å². The molecule has 2 aromatic rings. The number of benzene rings is 2. The molecule has 0 aromatic heterocycles. The predicted molar refractivity (Wildman–Crippen MR) is 91.3 cm³/mol. The maximum Gasteiger partial charge on any atom is 0.387 e. The van der Waals surface area contributed by atoms with Crippen molar-refractivity contribution in [2.24, 2.45) is 0 Å². The van der Waals surface area contributed by atoms with Gasteiger partial charge in [-0.15, -0.1) is 0 Å². The SMILES string of the molecule is O=C(CCNC(=O)c1ccc(Cl)cc1)OCc1ccc(OC(F)F)cc1. The highest BCUT2D eigenvalue weighted by Gasteiger charge is 2.08. The number of hydrogen-bond donors (Lipinski definition) is 1. The zero-order valence-corrected chi connectivity index (χ0v) is 14.3. The van der Waals surface area contributed by atoms with Crippen molar-refractivity contribution < 1.29 is 27.8 Å². The Balaban J connectivity index is 1.68. The zero-order chi connectivity index (χ0) is 18.9. The normalized spacial score (nSPS) is 10.5. The van der Waals surface area contributed by atoms with Crippen molar-refractivity contribution in [3.8, 4) is 5.75 Å². The van der Waals surface area contributed by atoms with E-state index in [2.05, 4.69) is 10.1 Å². The summed E-state index contributed by atoms with van der Waals surface area (Å²) in [6.07, 6.45) is 0.00586. The minimum Gasteiger partial charge on any atom is -0.461 e. The maximum absolute atomic E-state index is 12.0. The van der Waals surface area contributed by atoms with Crippen LogP contribution in [-0.4, -0.2) is 25.0 Å². The van der Waals surface area contributed by atoms with Gasteiger partial charge in [0.25, 0.3) is 5.91 Å². The van der Waals surface area contributed by atoms with Gasteiger partial charge in [0.2, 0.25) is 0 Å². The van der Waals surface area contributed by atoms with Crippen LogP contribution in [0.5, 0.6) is 5.75 Å². The third-order valence-electron chi connectivity index (χ3n) is 3.27. The fraction of sp³-hybridized carbons (Fsp3) is 0.222. The Bertz CT molecular complexity index is 736. The van der Waals surface area contributed by atoms with Gasteiger partial charge in [0.1, 0.15) is 12.4 Å². The van der Waals surface area contributed by atoms with E-state index in [0.717, 1.165) is 0 Å². The average Bonchev–Trinajstić information content (AvgIpc) is 2.61. The number of esters is 1. The van der Waals surface area contributed by atoms with Crippen LogP contribution in [0, 0.1) is 0 Å². The first-order valence-corrected chi connectivity index (χ1v) is 8.05. The van der Waals surface area contributed by atoms with E-state index in [-0.39, 0.29) is 31.2 Å². The smallest absolute Gasteiger partial charge is 0.387 e. The summed E-state index contributed by atoms with van der Waals surface area (Å²) in [5, 5.41) is 3.13. The zero-order valence-electron chi connectivity index (χ0n) is 13.6. The molecule has 2 rings (SSSR count). The molecule has 138 valence electrons. The Hall–Kier alpha value is -2.67. The van der Waals surface area contributed by atoms with E-state index in [1.807, 2.05) is 0 Å². The van der Waals surface area contributed by atoms with Gasteiger partial charge in [0, 0.05) is 17.1 Å². The van der Waals surface area contributed by atoms with Crippen molar-refractivity contribution in [2.45, 2.75) is 19.6 Å². The summed E-state index contributed by atoms with van der Waals surface area (Å²) in [4.78, 5) is 23.5. The molecule has 0 aliphatic rings. The lowest BCUT2D eigenvalue weighted by Gasteiger charge is -2.08. The monoisotopic (exact) mass is 383 g/mol. The van der Waals surface area contributed by atoms with E-state index in [1.54, 1.807) is 24.3 Å². The third kappa shape index (κ3) is 6.68. The van der Waals surface area contributed by atoms with Gasteiger partial charge in [-0.05, 0) is 42.0 Å². The Morgan fingerprint density at radius 3 is 2.31 bits per heavy atom. The van der Waals surface area contributed by atoms with E-state index in [4.69, 9.17) is 16.3 Å². The van der Waals surface area contributed by atoms with Crippen LogP contribution in [0.15, 0.2) is 48.5 Å². The minimum absolute atomic E-state index is 0.00107. The fourth-order valence-electron chi connectivity index (χ4n) is 1.98. The molecule has 1 N–H and O–H groups in total. The van der Waals surface area contributed by atoms with Gasteiger partial charge in [0.05, 0.1) is 6.42 Å². The Labute approximate surface area is 153 Å². The highest BCUT2D eigenvalue weighted by Crippen LogP contribution is 2.15. The number of amides is 1. The van der Waals surface area contributed by atoms with Crippen LogP contribution < -0.4 is 10.1 Å². The third-order valence-corrected chi connectivity index (χ3v) is 3.52. The molecule has 1 amide bonds. The largest absolute Gasteiger partial charge is 0.461 e. The first-order valence-electron chi connectivity index (χ1n) is 7.67.